The van der Waals surface area contributed by atoms with Crippen LogP contribution in [0, 0.1) is 13.8 Å². The molecule has 0 aliphatic rings. The lowest BCUT2D eigenvalue weighted by Gasteiger charge is -2.08. The molecule has 0 aliphatic carbocycles. The first kappa shape index (κ1) is 23.4. The minimum atomic E-state index is -0.553. The SMILES string of the molecule is COC(=O)c1c(NC(=S)Nc2ncn(Cc3ccc(C)cc3)n2)sc(C(=O)N(C)C)c1C. The van der Waals surface area contributed by atoms with Crippen molar-refractivity contribution in [2.75, 3.05) is 31.8 Å². The monoisotopic (exact) mass is 472 g/mol. The molecule has 0 atom stereocenters. The molecule has 3 aromatic rings. The van der Waals surface area contributed by atoms with E-state index in [0.717, 1.165) is 16.9 Å². The molecule has 1 aromatic carbocycles. The Morgan fingerprint density at radius 3 is 2.50 bits per heavy atom. The van der Waals surface area contributed by atoms with Crippen LogP contribution >= 0.6 is 23.6 Å². The summed E-state index contributed by atoms with van der Waals surface area (Å²) >= 11 is 6.51. The van der Waals surface area contributed by atoms with E-state index < -0.39 is 5.97 Å². The fourth-order valence-corrected chi connectivity index (χ4v) is 4.38. The Morgan fingerprint density at radius 2 is 1.88 bits per heavy atom. The summed E-state index contributed by atoms with van der Waals surface area (Å²) in [5, 5.41) is 10.9. The molecule has 1 amide bonds. The molecule has 0 aliphatic heterocycles. The van der Waals surface area contributed by atoms with Crippen molar-refractivity contribution < 1.29 is 14.3 Å². The van der Waals surface area contributed by atoms with E-state index in [2.05, 4.69) is 20.7 Å². The van der Waals surface area contributed by atoms with Gasteiger partial charge >= 0.3 is 5.97 Å². The van der Waals surface area contributed by atoms with Gasteiger partial charge in [0.15, 0.2) is 5.11 Å². The molecule has 0 saturated carbocycles. The summed E-state index contributed by atoms with van der Waals surface area (Å²) in [5.74, 6) is -0.449. The van der Waals surface area contributed by atoms with Crippen LogP contribution in [0.25, 0.3) is 0 Å². The number of thiocarbonyl (C=S) groups is 1. The van der Waals surface area contributed by atoms with Crippen LogP contribution < -0.4 is 10.6 Å². The molecule has 168 valence electrons. The fourth-order valence-electron chi connectivity index (χ4n) is 2.90. The summed E-state index contributed by atoms with van der Waals surface area (Å²) in [5.41, 5.74) is 3.09. The van der Waals surface area contributed by atoms with Crippen LogP contribution in [0.1, 0.15) is 36.7 Å². The minimum absolute atomic E-state index is 0.188. The van der Waals surface area contributed by atoms with Crippen LogP contribution in [0.5, 0.6) is 0 Å². The average molecular weight is 473 g/mol. The van der Waals surface area contributed by atoms with Crippen LogP contribution in [0.15, 0.2) is 30.6 Å². The lowest BCUT2D eigenvalue weighted by molar-refractivity contribution is 0.0601. The highest BCUT2D eigenvalue weighted by Crippen LogP contribution is 2.34. The topological polar surface area (TPSA) is 101 Å². The predicted molar refractivity (Wildman–Crippen MR) is 129 cm³/mol. The summed E-state index contributed by atoms with van der Waals surface area (Å²) in [4.78, 5) is 30.9. The Hall–Kier alpha value is -3.31. The number of carbonyl (C=O) groups excluding carboxylic acids is 2. The normalized spacial score (nSPS) is 10.5. The Balaban J connectivity index is 1.74. The molecule has 9 nitrogen and oxygen atoms in total. The number of esters is 1. The van der Waals surface area contributed by atoms with Crippen molar-refractivity contribution in [3.63, 3.8) is 0 Å². The van der Waals surface area contributed by atoms with E-state index in [1.165, 1.54) is 17.6 Å². The van der Waals surface area contributed by atoms with Crippen molar-refractivity contribution >= 4 is 51.5 Å². The maximum Gasteiger partial charge on any atom is 0.341 e. The number of anilines is 2. The molecule has 2 N–H and O–H groups in total. The number of amides is 1. The molecule has 0 saturated heterocycles. The van der Waals surface area contributed by atoms with E-state index in [1.54, 1.807) is 32.0 Å². The Kier molecular flexibility index (Phi) is 7.21. The third kappa shape index (κ3) is 5.29. The maximum absolute atomic E-state index is 12.5. The van der Waals surface area contributed by atoms with Gasteiger partial charge in [-0.3, -0.25) is 10.1 Å². The zero-order chi connectivity index (χ0) is 23.4. The molecule has 32 heavy (non-hydrogen) atoms. The van der Waals surface area contributed by atoms with Gasteiger partial charge in [-0.2, -0.15) is 0 Å². The van der Waals surface area contributed by atoms with Crippen LogP contribution in [-0.2, 0) is 11.3 Å². The number of rotatable bonds is 6. The number of aromatic nitrogens is 3. The number of carbonyl (C=O) groups is 2. The third-order valence-corrected chi connectivity index (χ3v) is 5.99. The van der Waals surface area contributed by atoms with Gasteiger partial charge < -0.3 is 15.0 Å². The molecule has 0 unspecified atom stereocenters. The van der Waals surface area contributed by atoms with Crippen molar-refractivity contribution in [3.8, 4) is 0 Å². The van der Waals surface area contributed by atoms with Crippen molar-refractivity contribution in [2.24, 2.45) is 0 Å². The molecule has 2 aromatic heterocycles. The molecule has 2 heterocycles. The highest BCUT2D eigenvalue weighted by molar-refractivity contribution is 7.80. The number of benzene rings is 1. The first-order valence-corrected chi connectivity index (χ1v) is 10.9. The van der Waals surface area contributed by atoms with E-state index in [9.17, 15) is 9.59 Å². The standard InChI is InChI=1S/C21H24N6O3S2/c1-12-6-8-14(9-7-12)10-27-11-22-20(25-27)24-21(31)23-17-15(19(29)30-5)13(2)16(32-17)18(28)26(3)4/h6-9,11H,10H2,1-5H3,(H2,23,24,25,31). The molecular weight excluding hydrogens is 448 g/mol. The van der Waals surface area contributed by atoms with Gasteiger partial charge in [-0.05, 0) is 37.2 Å². The molecule has 3 rings (SSSR count). The summed E-state index contributed by atoms with van der Waals surface area (Å²) < 4.78 is 6.58. The Bertz CT molecular complexity index is 1150. The van der Waals surface area contributed by atoms with Crippen molar-refractivity contribution in [1.82, 2.24) is 19.7 Å². The smallest absolute Gasteiger partial charge is 0.341 e. The minimum Gasteiger partial charge on any atom is -0.465 e. The van der Waals surface area contributed by atoms with E-state index in [0.29, 0.717) is 27.9 Å². The zero-order valence-electron chi connectivity index (χ0n) is 18.4. The highest BCUT2D eigenvalue weighted by atomic mass is 32.1. The number of thiophene rings is 1. The van der Waals surface area contributed by atoms with Crippen molar-refractivity contribution in [1.29, 1.82) is 0 Å². The van der Waals surface area contributed by atoms with Crippen LogP contribution in [0.4, 0.5) is 10.9 Å². The van der Waals surface area contributed by atoms with Crippen molar-refractivity contribution in [3.05, 3.63) is 57.7 Å². The number of ether oxygens (including phenoxy) is 1. The van der Waals surface area contributed by atoms with Gasteiger partial charge in [0.1, 0.15) is 11.3 Å². The predicted octanol–water partition coefficient (Wildman–Crippen LogP) is 3.30. The average Bonchev–Trinajstić information content (AvgIpc) is 3.32. The van der Waals surface area contributed by atoms with Crippen LogP contribution in [0.3, 0.4) is 0 Å². The maximum atomic E-state index is 12.5. The van der Waals surface area contributed by atoms with Gasteiger partial charge in [0, 0.05) is 14.1 Å². The first-order valence-electron chi connectivity index (χ1n) is 9.66. The van der Waals surface area contributed by atoms with E-state index in [4.69, 9.17) is 17.0 Å². The van der Waals surface area contributed by atoms with Gasteiger partial charge in [0.05, 0.1) is 24.1 Å². The number of nitrogens with one attached hydrogen (secondary N) is 2. The molecule has 0 bridgehead atoms. The van der Waals surface area contributed by atoms with E-state index >= 15 is 0 Å². The Morgan fingerprint density at radius 1 is 1.19 bits per heavy atom. The van der Waals surface area contributed by atoms with E-state index in [-0.39, 0.29) is 16.6 Å². The lowest BCUT2D eigenvalue weighted by atomic mass is 10.1. The van der Waals surface area contributed by atoms with Crippen molar-refractivity contribution in [2.45, 2.75) is 20.4 Å². The Labute approximate surface area is 195 Å². The summed E-state index contributed by atoms with van der Waals surface area (Å²) in [6, 6.07) is 8.16. The quantitative estimate of drug-likeness (QED) is 0.416. The van der Waals surface area contributed by atoms with Gasteiger partial charge in [-0.1, -0.05) is 29.8 Å². The largest absolute Gasteiger partial charge is 0.465 e. The zero-order valence-corrected chi connectivity index (χ0v) is 20.1. The summed E-state index contributed by atoms with van der Waals surface area (Å²) in [7, 11) is 4.59. The molecule has 0 radical (unpaired) electrons. The van der Waals surface area contributed by atoms with Gasteiger partial charge in [-0.25, -0.2) is 14.5 Å². The second kappa shape index (κ2) is 9.88. The van der Waals surface area contributed by atoms with E-state index in [1.807, 2.05) is 31.2 Å². The molecular formula is C21H24N6O3S2. The second-order valence-corrected chi connectivity index (χ2v) is 8.71. The van der Waals surface area contributed by atoms with Gasteiger partial charge in [-0.15, -0.1) is 16.4 Å². The van der Waals surface area contributed by atoms with Gasteiger partial charge in [0.25, 0.3) is 5.91 Å². The number of hydrogen-bond donors (Lipinski definition) is 2. The number of methoxy groups -OCH3 is 1. The second-order valence-electron chi connectivity index (χ2n) is 7.28. The number of nitrogens with zero attached hydrogens (tertiary/aromatic N) is 4. The molecule has 0 spiro atoms. The number of hydrogen-bond acceptors (Lipinski definition) is 7. The third-order valence-electron chi connectivity index (χ3n) is 4.59. The van der Waals surface area contributed by atoms with Gasteiger partial charge in [0.2, 0.25) is 5.95 Å². The highest BCUT2D eigenvalue weighted by Gasteiger charge is 2.26. The number of aryl methyl sites for hydroxylation is 1. The molecule has 11 heteroatoms. The first-order chi connectivity index (χ1) is 15.2. The van der Waals surface area contributed by atoms with Crippen LogP contribution in [-0.4, -0.2) is 57.9 Å². The fraction of sp³-hybridized carbons (Fsp3) is 0.286. The summed E-state index contributed by atoms with van der Waals surface area (Å²) in [6.07, 6.45) is 1.60. The van der Waals surface area contributed by atoms with Crippen LogP contribution in [0.2, 0.25) is 0 Å². The summed E-state index contributed by atoms with van der Waals surface area (Å²) in [6.45, 7) is 4.31. The molecule has 0 fully saturated rings. The lowest BCUT2D eigenvalue weighted by Crippen LogP contribution is -2.21.